The first kappa shape index (κ1) is 14.4. The maximum Gasteiger partial charge on any atom is 0.0646 e. The maximum absolute atomic E-state index is 6.53. The molecule has 2 N–H and O–H groups in total. The fourth-order valence-corrected chi connectivity index (χ4v) is 3.26. The highest BCUT2D eigenvalue weighted by molar-refractivity contribution is 6.33. The Balaban J connectivity index is 2.04. The lowest BCUT2D eigenvalue weighted by atomic mass is 10.1. The van der Waals surface area contributed by atoms with Gasteiger partial charge in [-0.15, -0.1) is 0 Å². The molecule has 1 unspecified atom stereocenters. The summed E-state index contributed by atoms with van der Waals surface area (Å²) in [6, 6.07) is 14.8. The lowest BCUT2D eigenvalue weighted by molar-refractivity contribution is 0.760. The molecule has 110 valence electrons. The van der Waals surface area contributed by atoms with Crippen molar-refractivity contribution in [1.82, 2.24) is 0 Å². The van der Waals surface area contributed by atoms with Gasteiger partial charge in [0.05, 0.1) is 10.7 Å². The number of rotatable bonds is 2. The minimum absolute atomic E-state index is 0.00738. The zero-order chi connectivity index (χ0) is 14.8. The van der Waals surface area contributed by atoms with E-state index in [9.17, 15) is 0 Å². The Bertz CT molecular complexity index is 637. The number of nitrogens with zero attached hydrogens (tertiary/aromatic N) is 1. The molecule has 2 aromatic rings. The largest absolute Gasteiger partial charge is 0.340 e. The summed E-state index contributed by atoms with van der Waals surface area (Å²) >= 11 is 6.53. The predicted molar refractivity (Wildman–Crippen MR) is 90.4 cm³/mol. The van der Waals surface area contributed by atoms with Gasteiger partial charge in [0.25, 0.3) is 0 Å². The Morgan fingerprint density at radius 3 is 2.67 bits per heavy atom. The quantitative estimate of drug-likeness (QED) is 0.860. The third kappa shape index (κ3) is 2.92. The van der Waals surface area contributed by atoms with Crippen molar-refractivity contribution < 1.29 is 0 Å². The van der Waals surface area contributed by atoms with Gasteiger partial charge in [-0.2, -0.15) is 0 Å². The molecular weight excluding hydrogens is 280 g/mol. The minimum Gasteiger partial charge on any atom is -0.340 e. The molecule has 0 bridgehead atoms. The Labute approximate surface area is 131 Å². The van der Waals surface area contributed by atoms with E-state index in [0.29, 0.717) is 0 Å². The Morgan fingerprint density at radius 2 is 1.90 bits per heavy atom. The molecule has 3 heteroatoms. The summed E-state index contributed by atoms with van der Waals surface area (Å²) in [5.74, 6) is 0. The summed E-state index contributed by atoms with van der Waals surface area (Å²) in [6.45, 7) is 2.99. The van der Waals surface area contributed by atoms with E-state index < -0.39 is 0 Å². The van der Waals surface area contributed by atoms with Crippen LogP contribution in [0.5, 0.6) is 0 Å². The van der Waals surface area contributed by atoms with Crippen LogP contribution in [0.1, 0.15) is 36.9 Å². The Hall–Kier alpha value is -1.51. The third-order valence-corrected chi connectivity index (χ3v) is 4.45. The third-order valence-electron chi connectivity index (χ3n) is 4.15. The van der Waals surface area contributed by atoms with Crippen molar-refractivity contribution in [2.45, 2.75) is 32.2 Å². The fraction of sp³-hybridized carbons (Fsp3) is 0.333. The average Bonchev–Trinajstić information content (AvgIpc) is 2.69. The number of anilines is 2. The molecule has 0 saturated heterocycles. The van der Waals surface area contributed by atoms with Gasteiger partial charge in [-0.25, -0.2) is 0 Å². The molecule has 0 aliphatic carbocycles. The highest BCUT2D eigenvalue weighted by Gasteiger charge is 2.18. The first-order valence-electron chi connectivity index (χ1n) is 7.57. The van der Waals surface area contributed by atoms with Gasteiger partial charge in [0.1, 0.15) is 0 Å². The van der Waals surface area contributed by atoms with Gasteiger partial charge in [-0.3, -0.25) is 0 Å². The normalized spacial score (nSPS) is 16.2. The second-order valence-corrected chi connectivity index (χ2v) is 6.14. The Morgan fingerprint density at radius 1 is 1.10 bits per heavy atom. The van der Waals surface area contributed by atoms with Crippen molar-refractivity contribution >= 4 is 23.0 Å². The van der Waals surface area contributed by atoms with E-state index in [-0.39, 0.29) is 6.04 Å². The zero-order valence-corrected chi connectivity index (χ0v) is 13.1. The first-order chi connectivity index (χ1) is 10.2. The van der Waals surface area contributed by atoms with Gasteiger partial charge < -0.3 is 10.6 Å². The van der Waals surface area contributed by atoms with Gasteiger partial charge in [0.2, 0.25) is 0 Å². The van der Waals surface area contributed by atoms with E-state index in [1.807, 2.05) is 13.0 Å². The molecule has 21 heavy (non-hydrogen) atoms. The molecular formula is C18H21ClN2. The predicted octanol–water partition coefficient (Wildman–Crippen LogP) is 4.83. The number of halogens is 1. The van der Waals surface area contributed by atoms with Crippen molar-refractivity contribution in [3.8, 4) is 0 Å². The van der Waals surface area contributed by atoms with Crippen molar-refractivity contribution in [3.63, 3.8) is 0 Å². The van der Waals surface area contributed by atoms with Gasteiger partial charge in [-0.1, -0.05) is 35.9 Å². The number of para-hydroxylation sites is 1. The lowest BCUT2D eigenvalue weighted by Gasteiger charge is -2.26. The fourth-order valence-electron chi connectivity index (χ4n) is 2.97. The van der Waals surface area contributed by atoms with Crippen molar-refractivity contribution in [3.05, 3.63) is 58.6 Å². The van der Waals surface area contributed by atoms with Gasteiger partial charge in [-0.05, 0) is 55.5 Å². The first-order valence-corrected chi connectivity index (χ1v) is 7.95. The number of hydrogen-bond acceptors (Lipinski definition) is 2. The topological polar surface area (TPSA) is 29.3 Å². The highest BCUT2D eigenvalue weighted by atomic mass is 35.5. The van der Waals surface area contributed by atoms with Crippen LogP contribution in [0, 0.1) is 0 Å². The number of hydrogen-bond donors (Lipinski definition) is 1. The van der Waals surface area contributed by atoms with Crippen LogP contribution in [-0.4, -0.2) is 6.54 Å². The van der Waals surface area contributed by atoms with E-state index in [4.69, 9.17) is 17.3 Å². The van der Waals surface area contributed by atoms with Crippen LogP contribution >= 0.6 is 11.6 Å². The summed E-state index contributed by atoms with van der Waals surface area (Å²) < 4.78 is 0. The molecule has 0 spiro atoms. The minimum atomic E-state index is 0.00738. The van der Waals surface area contributed by atoms with Crippen LogP contribution in [0.3, 0.4) is 0 Å². The smallest absolute Gasteiger partial charge is 0.0646 e. The van der Waals surface area contributed by atoms with Gasteiger partial charge in [0.15, 0.2) is 0 Å². The molecule has 1 aliphatic rings. The molecule has 0 fully saturated rings. The zero-order valence-electron chi connectivity index (χ0n) is 12.3. The van der Waals surface area contributed by atoms with Crippen molar-refractivity contribution in [2.75, 3.05) is 11.4 Å². The van der Waals surface area contributed by atoms with Crippen LogP contribution in [-0.2, 0) is 6.42 Å². The van der Waals surface area contributed by atoms with Crippen molar-refractivity contribution in [1.29, 1.82) is 0 Å². The molecule has 1 aliphatic heterocycles. The SMILES string of the molecule is CC(N)c1ccc(N2CCCCc3ccccc32)c(Cl)c1. The number of fused-ring (bicyclic) bond motifs is 1. The van der Waals surface area contributed by atoms with Gasteiger partial charge in [0, 0.05) is 18.3 Å². The molecule has 1 atom stereocenters. The second kappa shape index (κ2) is 6.08. The van der Waals surface area contributed by atoms with Crippen LogP contribution in [0.15, 0.2) is 42.5 Å². The molecule has 3 rings (SSSR count). The summed E-state index contributed by atoms with van der Waals surface area (Å²) in [5.41, 5.74) is 10.8. The maximum atomic E-state index is 6.53. The highest BCUT2D eigenvalue weighted by Crippen LogP contribution is 2.37. The molecule has 1 heterocycles. The second-order valence-electron chi connectivity index (χ2n) is 5.74. The summed E-state index contributed by atoms with van der Waals surface area (Å²) in [4.78, 5) is 2.34. The lowest BCUT2D eigenvalue weighted by Crippen LogP contribution is -2.18. The molecule has 0 saturated carbocycles. The van der Waals surface area contributed by atoms with Crippen LogP contribution in [0.4, 0.5) is 11.4 Å². The summed E-state index contributed by atoms with van der Waals surface area (Å²) in [6.07, 6.45) is 3.55. The van der Waals surface area contributed by atoms with E-state index in [2.05, 4.69) is 41.3 Å². The average molecular weight is 301 g/mol. The van der Waals surface area contributed by atoms with Crippen LogP contribution in [0.25, 0.3) is 0 Å². The van der Waals surface area contributed by atoms with E-state index in [1.54, 1.807) is 0 Å². The number of benzene rings is 2. The van der Waals surface area contributed by atoms with Crippen molar-refractivity contribution in [2.24, 2.45) is 5.73 Å². The summed E-state index contributed by atoms with van der Waals surface area (Å²) in [5, 5.41) is 0.779. The summed E-state index contributed by atoms with van der Waals surface area (Å²) in [7, 11) is 0. The molecule has 2 nitrogen and oxygen atoms in total. The van der Waals surface area contributed by atoms with Crippen LogP contribution < -0.4 is 10.6 Å². The molecule has 0 aromatic heterocycles. The van der Waals surface area contributed by atoms with Crippen LogP contribution in [0.2, 0.25) is 5.02 Å². The standard InChI is InChI=1S/C18H21ClN2/c1-13(20)15-9-10-18(16(19)12-15)21-11-5-4-7-14-6-2-3-8-17(14)21/h2-3,6,8-10,12-13H,4-5,7,11,20H2,1H3. The van der Waals surface area contributed by atoms with E-state index in [1.165, 1.54) is 24.1 Å². The molecule has 0 radical (unpaired) electrons. The number of aryl methyl sites for hydroxylation is 1. The van der Waals surface area contributed by atoms with E-state index in [0.717, 1.165) is 29.2 Å². The number of nitrogens with two attached hydrogens (primary N) is 1. The Kier molecular flexibility index (Phi) is 4.18. The molecule has 0 amide bonds. The van der Waals surface area contributed by atoms with E-state index >= 15 is 0 Å². The van der Waals surface area contributed by atoms with Gasteiger partial charge >= 0.3 is 0 Å². The molecule has 2 aromatic carbocycles. The monoisotopic (exact) mass is 300 g/mol.